The van der Waals surface area contributed by atoms with Crippen LogP contribution in [0.5, 0.6) is 0 Å². The Morgan fingerprint density at radius 2 is 2.00 bits per heavy atom. The van der Waals surface area contributed by atoms with Crippen LogP contribution >= 0.6 is 0 Å². The van der Waals surface area contributed by atoms with Crippen molar-refractivity contribution in [3.8, 4) is 0 Å². The average Bonchev–Trinajstić information content (AvgIpc) is 3.00. The van der Waals surface area contributed by atoms with Crippen LogP contribution in [0.15, 0.2) is 54.9 Å². The van der Waals surface area contributed by atoms with Crippen molar-refractivity contribution in [3.63, 3.8) is 0 Å². The van der Waals surface area contributed by atoms with Crippen LogP contribution in [0, 0.1) is 0 Å². The van der Waals surface area contributed by atoms with E-state index in [1.54, 1.807) is 6.20 Å². The summed E-state index contributed by atoms with van der Waals surface area (Å²) in [6, 6.07) is 15.2. The summed E-state index contributed by atoms with van der Waals surface area (Å²) in [4.78, 5) is 6.70. The van der Waals surface area contributed by atoms with E-state index in [1.807, 2.05) is 12.3 Å². The number of aromatic nitrogens is 1. The molecule has 24 heavy (non-hydrogen) atoms. The molecule has 0 saturated carbocycles. The molecule has 4 nitrogen and oxygen atoms in total. The van der Waals surface area contributed by atoms with Gasteiger partial charge in [-0.3, -0.25) is 9.88 Å². The molecule has 3 atom stereocenters. The summed E-state index contributed by atoms with van der Waals surface area (Å²) in [5.74, 6) is 0. The fourth-order valence-corrected chi connectivity index (χ4v) is 3.84. The van der Waals surface area contributed by atoms with E-state index in [-0.39, 0.29) is 12.2 Å². The second-order valence-corrected chi connectivity index (χ2v) is 6.67. The molecule has 0 aliphatic carbocycles. The number of ether oxygens (including phenoxy) is 2. The van der Waals surface area contributed by atoms with Crippen molar-refractivity contribution in [1.29, 1.82) is 0 Å². The highest BCUT2D eigenvalue weighted by Gasteiger charge is 2.44. The molecule has 2 aliphatic heterocycles. The molecule has 0 spiro atoms. The van der Waals surface area contributed by atoms with Gasteiger partial charge >= 0.3 is 0 Å². The lowest BCUT2D eigenvalue weighted by atomic mass is 10.0. The second-order valence-electron chi connectivity index (χ2n) is 6.67. The van der Waals surface area contributed by atoms with Crippen molar-refractivity contribution in [2.45, 2.75) is 44.2 Å². The van der Waals surface area contributed by atoms with E-state index in [9.17, 15) is 0 Å². The first-order chi connectivity index (χ1) is 11.9. The van der Waals surface area contributed by atoms with Crippen LogP contribution < -0.4 is 0 Å². The highest BCUT2D eigenvalue weighted by Crippen LogP contribution is 2.32. The first-order valence-electron chi connectivity index (χ1n) is 8.80. The second kappa shape index (κ2) is 7.43. The Morgan fingerprint density at radius 1 is 1.12 bits per heavy atom. The van der Waals surface area contributed by atoms with Gasteiger partial charge in [0, 0.05) is 38.1 Å². The molecule has 4 heteroatoms. The molecule has 4 rings (SSSR count). The SMILES string of the molecule is c1ccc(CN2C[C@@H](OCc3cccnc3)[C@@H]3OCCC[C@@H]32)cc1. The maximum atomic E-state index is 6.22. The molecule has 3 heterocycles. The van der Waals surface area contributed by atoms with Crippen LogP contribution in [0.3, 0.4) is 0 Å². The van der Waals surface area contributed by atoms with Crippen molar-refractivity contribution in [1.82, 2.24) is 9.88 Å². The lowest BCUT2D eigenvalue weighted by Crippen LogP contribution is -2.41. The first-order valence-corrected chi connectivity index (χ1v) is 8.80. The largest absolute Gasteiger partial charge is 0.374 e. The number of fused-ring (bicyclic) bond motifs is 1. The number of rotatable bonds is 5. The maximum Gasteiger partial charge on any atom is 0.100 e. The van der Waals surface area contributed by atoms with Gasteiger partial charge in [-0.15, -0.1) is 0 Å². The fraction of sp³-hybridized carbons (Fsp3) is 0.450. The number of hydrogen-bond acceptors (Lipinski definition) is 4. The van der Waals surface area contributed by atoms with Gasteiger partial charge in [-0.1, -0.05) is 36.4 Å². The zero-order valence-corrected chi connectivity index (χ0v) is 13.9. The predicted octanol–water partition coefficient (Wildman–Crippen LogP) is 3.03. The third-order valence-corrected chi connectivity index (χ3v) is 5.00. The van der Waals surface area contributed by atoms with Gasteiger partial charge in [0.05, 0.1) is 12.7 Å². The Morgan fingerprint density at radius 3 is 2.83 bits per heavy atom. The van der Waals surface area contributed by atoms with Gasteiger partial charge in [-0.25, -0.2) is 0 Å². The van der Waals surface area contributed by atoms with E-state index < -0.39 is 0 Å². The van der Waals surface area contributed by atoms with Gasteiger partial charge in [0.15, 0.2) is 0 Å². The number of pyridine rings is 1. The van der Waals surface area contributed by atoms with Gasteiger partial charge < -0.3 is 9.47 Å². The Kier molecular flexibility index (Phi) is 4.88. The zero-order valence-electron chi connectivity index (χ0n) is 13.9. The van der Waals surface area contributed by atoms with Crippen molar-refractivity contribution < 1.29 is 9.47 Å². The van der Waals surface area contributed by atoms with E-state index in [4.69, 9.17) is 9.47 Å². The third kappa shape index (κ3) is 3.51. The molecule has 2 aromatic rings. The lowest BCUT2D eigenvalue weighted by Gasteiger charge is -2.32. The Hall–Kier alpha value is -1.75. The number of benzene rings is 1. The van der Waals surface area contributed by atoms with Crippen LogP contribution in [0.4, 0.5) is 0 Å². The number of likely N-dealkylation sites (tertiary alicyclic amines) is 1. The molecule has 2 aliphatic rings. The van der Waals surface area contributed by atoms with E-state index in [0.29, 0.717) is 12.6 Å². The third-order valence-electron chi connectivity index (χ3n) is 5.00. The molecule has 126 valence electrons. The average molecular weight is 324 g/mol. The zero-order chi connectivity index (χ0) is 16.2. The standard InChI is InChI=1S/C20H24N2O2/c1-2-6-16(7-3-1)13-22-14-19(20-18(22)9-5-11-23-20)24-15-17-8-4-10-21-12-17/h1-4,6-8,10,12,18-20H,5,9,11,13-15H2/t18-,19+,20+/m0/s1. The molecule has 0 unspecified atom stereocenters. The van der Waals surface area contributed by atoms with Gasteiger partial charge in [0.1, 0.15) is 6.10 Å². The summed E-state index contributed by atoms with van der Waals surface area (Å²) in [5.41, 5.74) is 2.47. The Balaban J connectivity index is 1.43. The molecule has 0 radical (unpaired) electrons. The summed E-state index contributed by atoms with van der Waals surface area (Å²) in [6.45, 7) is 3.36. The van der Waals surface area contributed by atoms with Crippen molar-refractivity contribution in [2.24, 2.45) is 0 Å². The number of hydrogen-bond donors (Lipinski definition) is 0. The van der Waals surface area contributed by atoms with E-state index in [1.165, 1.54) is 12.0 Å². The first kappa shape index (κ1) is 15.8. The summed E-state index contributed by atoms with van der Waals surface area (Å²) < 4.78 is 12.3. The minimum Gasteiger partial charge on any atom is -0.374 e. The van der Waals surface area contributed by atoms with Crippen LogP contribution in [-0.2, 0) is 22.6 Å². The van der Waals surface area contributed by atoms with Gasteiger partial charge in [0.25, 0.3) is 0 Å². The molecule has 1 aromatic heterocycles. The van der Waals surface area contributed by atoms with E-state index in [0.717, 1.165) is 31.7 Å². The number of nitrogens with zero attached hydrogens (tertiary/aromatic N) is 2. The lowest BCUT2D eigenvalue weighted by molar-refractivity contribution is -0.0819. The van der Waals surface area contributed by atoms with Crippen LogP contribution in [0.25, 0.3) is 0 Å². The highest BCUT2D eigenvalue weighted by molar-refractivity contribution is 5.15. The molecular formula is C20H24N2O2. The minimum absolute atomic E-state index is 0.138. The topological polar surface area (TPSA) is 34.6 Å². The molecule has 0 bridgehead atoms. The smallest absolute Gasteiger partial charge is 0.100 e. The van der Waals surface area contributed by atoms with Gasteiger partial charge in [-0.2, -0.15) is 0 Å². The molecule has 0 amide bonds. The maximum absolute atomic E-state index is 6.22. The molecule has 2 fully saturated rings. The van der Waals surface area contributed by atoms with Crippen molar-refractivity contribution in [2.75, 3.05) is 13.2 Å². The van der Waals surface area contributed by atoms with Crippen molar-refractivity contribution >= 4 is 0 Å². The molecule has 0 N–H and O–H groups in total. The normalized spacial score (nSPS) is 27.1. The summed E-state index contributed by atoms with van der Waals surface area (Å²) in [5, 5.41) is 0. The molecule has 1 aromatic carbocycles. The monoisotopic (exact) mass is 324 g/mol. The van der Waals surface area contributed by atoms with Gasteiger partial charge in [-0.05, 0) is 30.0 Å². The van der Waals surface area contributed by atoms with Crippen molar-refractivity contribution in [3.05, 3.63) is 66.0 Å². The van der Waals surface area contributed by atoms with E-state index in [2.05, 4.69) is 46.3 Å². The molecular weight excluding hydrogens is 300 g/mol. The van der Waals surface area contributed by atoms with Gasteiger partial charge in [0.2, 0.25) is 0 Å². The van der Waals surface area contributed by atoms with Crippen LogP contribution in [-0.4, -0.2) is 41.3 Å². The quantitative estimate of drug-likeness (QED) is 0.847. The Bertz CT molecular complexity index is 635. The Labute approximate surface area is 143 Å². The predicted molar refractivity (Wildman–Crippen MR) is 92.4 cm³/mol. The minimum atomic E-state index is 0.138. The summed E-state index contributed by atoms with van der Waals surface area (Å²) >= 11 is 0. The van der Waals surface area contributed by atoms with Crippen LogP contribution in [0.2, 0.25) is 0 Å². The summed E-state index contributed by atoms with van der Waals surface area (Å²) in [7, 11) is 0. The summed E-state index contributed by atoms with van der Waals surface area (Å²) in [6.07, 6.45) is 6.33. The highest BCUT2D eigenvalue weighted by atomic mass is 16.5. The fourth-order valence-electron chi connectivity index (χ4n) is 3.84. The molecule has 2 saturated heterocycles. The van der Waals surface area contributed by atoms with Crippen LogP contribution in [0.1, 0.15) is 24.0 Å². The van der Waals surface area contributed by atoms with E-state index >= 15 is 0 Å².